The first-order chi connectivity index (χ1) is 36.7. The van der Waals surface area contributed by atoms with Crippen LogP contribution in [0.3, 0.4) is 0 Å². The van der Waals surface area contributed by atoms with E-state index in [1.165, 1.54) is 11.3 Å². The van der Waals surface area contributed by atoms with Gasteiger partial charge in [0.25, 0.3) is 0 Å². The van der Waals surface area contributed by atoms with Gasteiger partial charge in [0.2, 0.25) is 23.7 Å². The summed E-state index contributed by atoms with van der Waals surface area (Å²) in [5.74, 6) is 2.58. The highest BCUT2D eigenvalue weighted by Gasteiger charge is 2.41. The lowest BCUT2D eigenvalue weighted by atomic mass is 9.85. The van der Waals surface area contributed by atoms with Crippen molar-refractivity contribution in [1.29, 1.82) is 0 Å². The molecule has 8 aromatic rings. The van der Waals surface area contributed by atoms with E-state index in [9.17, 15) is 19.0 Å². The van der Waals surface area contributed by atoms with Crippen molar-refractivity contribution in [2.45, 2.75) is 140 Å². The number of ether oxygens (including phenoxy) is 2. The van der Waals surface area contributed by atoms with Crippen molar-refractivity contribution in [3.63, 3.8) is 0 Å². The van der Waals surface area contributed by atoms with Gasteiger partial charge in [-0.15, -0.1) is 20.4 Å². The lowest BCUT2D eigenvalue weighted by Gasteiger charge is -2.36. The number of methoxy groups -OCH3 is 1. The third-order valence-electron chi connectivity index (χ3n) is 15.7. The van der Waals surface area contributed by atoms with Crippen molar-refractivity contribution in [3.8, 4) is 22.3 Å². The number of aromatic nitrogens is 13. The number of nitrogens with one attached hydrogen (secondary N) is 1. The summed E-state index contributed by atoms with van der Waals surface area (Å²) < 4.78 is 50.2. The number of aliphatic hydroxyl groups is 2. The first-order valence-corrected chi connectivity index (χ1v) is 26.4. The average molecular weight is 1050 g/mol. The van der Waals surface area contributed by atoms with Crippen LogP contribution in [-0.4, -0.2) is 138 Å². The van der Waals surface area contributed by atoms with Crippen molar-refractivity contribution >= 4 is 28.7 Å². The van der Waals surface area contributed by atoms with E-state index in [0.717, 1.165) is 95.7 Å². The van der Waals surface area contributed by atoms with Crippen LogP contribution in [-0.2, 0) is 35.0 Å². The molecule has 3 N–H and O–H groups in total. The van der Waals surface area contributed by atoms with Gasteiger partial charge in [-0.2, -0.15) is 19.0 Å². The molecule has 8 aromatic heterocycles. The molecule has 76 heavy (non-hydrogen) atoms. The normalized spacial score (nSPS) is 20.8. The number of aryl methyl sites for hydroxylation is 2. The molecule has 11 rings (SSSR count). The van der Waals surface area contributed by atoms with E-state index in [4.69, 9.17) is 34.4 Å². The molecule has 1 unspecified atom stereocenters. The van der Waals surface area contributed by atoms with Gasteiger partial charge in [0.1, 0.15) is 5.82 Å². The maximum atomic E-state index is 12.9. The number of fused-ring (bicyclic) bond motifs is 3. The zero-order valence-electron chi connectivity index (χ0n) is 43.8. The van der Waals surface area contributed by atoms with Gasteiger partial charge in [0.15, 0.2) is 5.54 Å². The van der Waals surface area contributed by atoms with E-state index in [1.54, 1.807) is 33.4 Å². The summed E-state index contributed by atoms with van der Waals surface area (Å²) in [6, 6.07) is 7.81. The van der Waals surface area contributed by atoms with Crippen LogP contribution < -0.4 is 15.1 Å². The first-order valence-electron chi connectivity index (χ1n) is 26.4. The quantitative estimate of drug-likeness (QED) is 0.0781. The van der Waals surface area contributed by atoms with Crippen molar-refractivity contribution in [3.05, 3.63) is 95.9 Å². The third-order valence-corrected chi connectivity index (χ3v) is 15.7. The highest BCUT2D eigenvalue weighted by Crippen LogP contribution is 2.41. The molecule has 1 aliphatic heterocycles. The van der Waals surface area contributed by atoms with Crippen molar-refractivity contribution < 1.29 is 32.9 Å². The molecule has 0 radical (unpaired) electrons. The van der Waals surface area contributed by atoms with E-state index in [1.807, 2.05) is 63.2 Å². The van der Waals surface area contributed by atoms with Gasteiger partial charge in [-0.3, -0.25) is 9.36 Å². The summed E-state index contributed by atoms with van der Waals surface area (Å²) in [4.78, 5) is 19.0. The molecule has 0 saturated heterocycles. The second kappa shape index (κ2) is 21.2. The maximum Gasteiger partial charge on any atom is 0.345 e. The molecule has 0 bridgehead atoms. The minimum Gasteiger partial charge on any atom is -0.423 e. The fourth-order valence-corrected chi connectivity index (χ4v) is 11.4. The van der Waals surface area contributed by atoms with Crippen LogP contribution in [0.2, 0.25) is 0 Å². The molecule has 2 fully saturated rings. The maximum absolute atomic E-state index is 12.9. The molecule has 402 valence electrons. The Morgan fingerprint density at radius 1 is 0.842 bits per heavy atom. The fourth-order valence-electron chi connectivity index (χ4n) is 11.4. The molecule has 23 heteroatoms. The number of nitrogens with zero attached hydrogens (tertiary/aromatic N) is 15. The molecule has 3 aliphatic rings. The van der Waals surface area contributed by atoms with Crippen LogP contribution >= 0.6 is 0 Å². The topological polar surface area (TPSA) is 225 Å². The number of anilines is 3. The summed E-state index contributed by atoms with van der Waals surface area (Å²) >= 11 is 0. The van der Waals surface area contributed by atoms with Gasteiger partial charge in [-0.25, -0.2) is 24.0 Å². The van der Waals surface area contributed by atoms with Gasteiger partial charge in [0.05, 0.1) is 86.1 Å². The summed E-state index contributed by atoms with van der Waals surface area (Å²) in [7, 11) is 3.66. The molecule has 2 saturated carbocycles. The molecule has 9 heterocycles. The zero-order valence-corrected chi connectivity index (χ0v) is 43.8. The summed E-state index contributed by atoms with van der Waals surface area (Å²) in [6.07, 6.45) is 17.3. The van der Waals surface area contributed by atoms with Gasteiger partial charge >= 0.3 is 6.61 Å². The van der Waals surface area contributed by atoms with Gasteiger partial charge in [0, 0.05) is 86.0 Å². The molecular weight excluding hydrogens is 979 g/mol. The Morgan fingerprint density at radius 3 is 2.20 bits per heavy atom. The lowest BCUT2D eigenvalue weighted by molar-refractivity contribution is -0.130. The molecule has 0 aromatic carbocycles. The third kappa shape index (κ3) is 10.1. The van der Waals surface area contributed by atoms with Crippen LogP contribution in [0.5, 0.6) is 0 Å². The number of alkyl halides is 2. The number of aliphatic hydroxyl groups excluding tert-OH is 2. The van der Waals surface area contributed by atoms with E-state index >= 15 is 0 Å². The number of pyridine rings is 1. The first kappa shape index (κ1) is 51.2. The highest BCUT2D eigenvalue weighted by molar-refractivity contribution is 5.83. The minimum atomic E-state index is -2.89. The summed E-state index contributed by atoms with van der Waals surface area (Å²) in [5, 5.41) is 52.9. The number of halogens is 2. The van der Waals surface area contributed by atoms with Crippen LogP contribution in [0.4, 0.5) is 26.5 Å². The van der Waals surface area contributed by atoms with Gasteiger partial charge in [-0.1, -0.05) is 0 Å². The van der Waals surface area contributed by atoms with Gasteiger partial charge in [-0.05, 0) is 114 Å². The predicted octanol–water partition coefficient (Wildman–Crippen LogP) is 7.07. The van der Waals surface area contributed by atoms with Gasteiger partial charge < -0.3 is 39.2 Å². The standard InChI is InChI=1S/C53H66F2N16O5/c1-31(28-75-50(54)55)61-51-57-24-45-42(21-43(70(45)64-51)34-7-11-39(72)12-8-34)38-23-60-69(26-38)53(4,49-63-62-33(3)76-49)30-68(32(2)29-74-6)52-58-25-46-41(20-44(71(46)65-52)35-9-13-40(73)14-10-35)36-15-17-56-48(19-36)67-18-16-37-22-59-66(5)47(37)27-67/h15,17,19-26,31-32,34-35,39-40,50,72-73H,7-14,16,18,27-30H2,1-6H3,(H,61,64)/t31-,32-,34?,35?,39?,40?,53?/m0/s1. The van der Waals surface area contributed by atoms with Crippen LogP contribution in [0.1, 0.15) is 118 Å². The Balaban J connectivity index is 0.967. The number of rotatable bonds is 18. The van der Waals surface area contributed by atoms with Crippen molar-refractivity contribution in [2.24, 2.45) is 7.05 Å². The smallest absolute Gasteiger partial charge is 0.345 e. The van der Waals surface area contributed by atoms with E-state index in [0.29, 0.717) is 50.0 Å². The largest absolute Gasteiger partial charge is 0.423 e. The van der Waals surface area contributed by atoms with Crippen LogP contribution in [0, 0.1) is 6.92 Å². The van der Waals surface area contributed by atoms with E-state index in [-0.39, 0.29) is 49.2 Å². The Kier molecular flexibility index (Phi) is 14.3. The Bertz CT molecular complexity index is 3300. The van der Waals surface area contributed by atoms with E-state index in [2.05, 4.69) is 65.3 Å². The fraction of sp³-hybridized carbons (Fsp3) is 0.528. The predicted molar refractivity (Wildman–Crippen MR) is 278 cm³/mol. The monoisotopic (exact) mass is 1040 g/mol. The average Bonchev–Trinajstić information content (AvgIpc) is 4.29. The lowest BCUT2D eigenvalue weighted by Crippen LogP contribution is -2.50. The summed E-state index contributed by atoms with van der Waals surface area (Å²) in [6.45, 7) is 6.56. The number of hydrogen-bond donors (Lipinski definition) is 3. The second-order valence-electron chi connectivity index (χ2n) is 21.2. The minimum absolute atomic E-state index is 0.0989. The molecule has 3 atom stereocenters. The highest BCUT2D eigenvalue weighted by atomic mass is 19.3. The van der Waals surface area contributed by atoms with Crippen LogP contribution in [0.15, 0.2) is 65.9 Å². The van der Waals surface area contributed by atoms with Crippen molar-refractivity contribution in [1.82, 2.24) is 63.9 Å². The molecular formula is C53H66F2N16O5. The molecule has 0 amide bonds. The molecule has 0 spiro atoms. The Morgan fingerprint density at radius 2 is 1.53 bits per heavy atom. The molecule has 2 aliphatic carbocycles. The Labute approximate surface area is 438 Å². The number of hydrogen-bond acceptors (Lipinski definition) is 17. The van der Waals surface area contributed by atoms with E-state index < -0.39 is 18.2 Å². The van der Waals surface area contributed by atoms with Crippen LogP contribution in [0.25, 0.3) is 33.3 Å². The second-order valence-corrected chi connectivity index (χ2v) is 21.2. The zero-order chi connectivity index (χ0) is 52.8. The summed E-state index contributed by atoms with van der Waals surface area (Å²) in [5.41, 5.74) is 8.55. The Hall–Kier alpha value is -6.95. The molecule has 21 nitrogen and oxygen atoms in total. The SMILES string of the molecule is COC[C@H](C)N(CC(C)(c1nnc(C)o1)n1cc(-c2cc(C3CCC(O)CC3)n3nc(N[C@@H](C)COC(F)F)ncc23)cn1)c1ncc2c(-c3ccnc(N4CCc5cnn(C)c5C4)c3)cc(C3CCC(O)CC3)n2n1. The van der Waals surface area contributed by atoms with Crippen molar-refractivity contribution in [2.75, 3.05) is 48.5 Å².